The normalized spacial score (nSPS) is 15.8. The molecule has 1 aliphatic rings. The summed E-state index contributed by atoms with van der Waals surface area (Å²) in [7, 11) is 0. The summed E-state index contributed by atoms with van der Waals surface area (Å²) in [5, 5.41) is 4.80. The average molecular weight is 400 g/mol. The van der Waals surface area contributed by atoms with Gasteiger partial charge in [-0.15, -0.1) is 0 Å². The van der Waals surface area contributed by atoms with Crippen molar-refractivity contribution in [3.05, 3.63) is 65.5 Å². The number of nitrogens with one attached hydrogen (secondary N) is 2. The third-order valence-electron chi connectivity index (χ3n) is 3.94. The van der Waals surface area contributed by atoms with Crippen LogP contribution in [-0.4, -0.2) is 28.1 Å². The number of carbonyl (C=O) groups is 3. The van der Waals surface area contributed by atoms with Gasteiger partial charge in [0.05, 0.1) is 0 Å². The van der Waals surface area contributed by atoms with Crippen LogP contribution in [0, 0.1) is 5.82 Å². The van der Waals surface area contributed by atoms with Crippen LogP contribution in [0.15, 0.2) is 53.5 Å². The Labute approximate surface area is 164 Å². The number of aliphatic imine (C=N–C) groups is 1. The number of amidine groups is 1. The number of carbonyl (C=O) groups excluding carboxylic acids is 3. The van der Waals surface area contributed by atoms with E-state index in [4.69, 9.17) is 5.73 Å². The molecule has 0 radical (unpaired) electrons. The maximum atomic E-state index is 13.6. The molecule has 0 saturated heterocycles. The topological polar surface area (TPSA) is 114 Å². The zero-order valence-electron chi connectivity index (χ0n) is 14.6. The van der Waals surface area contributed by atoms with Crippen molar-refractivity contribution in [2.75, 3.05) is 5.32 Å². The predicted molar refractivity (Wildman–Crippen MR) is 105 cm³/mol. The van der Waals surface area contributed by atoms with Crippen molar-refractivity contribution in [1.29, 1.82) is 0 Å². The number of nitrogens with two attached hydrogens (primary N) is 1. The Hall–Kier alpha value is -3.20. The maximum absolute atomic E-state index is 13.6. The van der Waals surface area contributed by atoms with Crippen LogP contribution < -0.4 is 16.4 Å². The van der Waals surface area contributed by atoms with E-state index in [0.29, 0.717) is 16.8 Å². The van der Waals surface area contributed by atoms with Crippen molar-refractivity contribution < 1.29 is 18.8 Å². The van der Waals surface area contributed by atoms with Gasteiger partial charge in [-0.2, -0.15) is 4.99 Å². The Morgan fingerprint density at radius 3 is 2.68 bits per heavy atom. The van der Waals surface area contributed by atoms with Crippen LogP contribution in [0.5, 0.6) is 0 Å². The second-order valence-electron chi connectivity index (χ2n) is 6.00. The molecule has 0 unspecified atom stereocenters. The molecule has 0 saturated carbocycles. The Kier molecular flexibility index (Phi) is 6.05. The van der Waals surface area contributed by atoms with Gasteiger partial charge < -0.3 is 16.4 Å². The molecule has 0 fully saturated rings. The van der Waals surface area contributed by atoms with Crippen LogP contribution in [0.2, 0.25) is 0 Å². The van der Waals surface area contributed by atoms with Gasteiger partial charge in [0, 0.05) is 29.8 Å². The van der Waals surface area contributed by atoms with E-state index in [1.54, 1.807) is 36.4 Å². The van der Waals surface area contributed by atoms with Gasteiger partial charge in [-0.05, 0) is 24.3 Å². The van der Waals surface area contributed by atoms with Gasteiger partial charge in [-0.1, -0.05) is 36.0 Å². The van der Waals surface area contributed by atoms with Gasteiger partial charge in [0.25, 0.3) is 11.8 Å². The van der Waals surface area contributed by atoms with Crippen LogP contribution in [-0.2, 0) is 16.1 Å². The van der Waals surface area contributed by atoms with Gasteiger partial charge in [-0.25, -0.2) is 4.39 Å². The zero-order valence-corrected chi connectivity index (χ0v) is 15.5. The first-order chi connectivity index (χ1) is 13.4. The van der Waals surface area contributed by atoms with E-state index in [1.165, 1.54) is 12.1 Å². The number of thioether (sulfide) groups is 1. The molecule has 0 aromatic heterocycles. The fourth-order valence-electron chi connectivity index (χ4n) is 2.57. The number of amides is 3. The molecule has 0 bridgehead atoms. The number of halogens is 1. The Morgan fingerprint density at radius 2 is 1.96 bits per heavy atom. The van der Waals surface area contributed by atoms with Crippen molar-refractivity contribution >= 4 is 40.3 Å². The highest BCUT2D eigenvalue weighted by atomic mass is 32.2. The minimum Gasteiger partial charge on any atom is -0.378 e. The number of benzene rings is 2. The lowest BCUT2D eigenvalue weighted by atomic mass is 10.1. The Bertz CT molecular complexity index is 964. The molecule has 4 N–H and O–H groups in total. The Balaban J connectivity index is 1.57. The highest BCUT2D eigenvalue weighted by molar-refractivity contribution is 8.15. The average Bonchev–Trinajstić information content (AvgIpc) is 2.97. The molecule has 2 aromatic rings. The molecular formula is C19H17FN4O3S. The first-order valence-electron chi connectivity index (χ1n) is 8.38. The van der Waals surface area contributed by atoms with E-state index in [1.807, 2.05) is 0 Å². The Morgan fingerprint density at radius 1 is 1.18 bits per heavy atom. The van der Waals surface area contributed by atoms with Gasteiger partial charge >= 0.3 is 0 Å². The molecular weight excluding hydrogens is 383 g/mol. The zero-order chi connectivity index (χ0) is 20.1. The third kappa shape index (κ3) is 4.95. The van der Waals surface area contributed by atoms with Crippen molar-refractivity contribution in [3.63, 3.8) is 0 Å². The predicted octanol–water partition coefficient (Wildman–Crippen LogP) is 2.04. The second-order valence-corrected chi connectivity index (χ2v) is 7.22. The first kappa shape index (κ1) is 19.6. The molecule has 1 heterocycles. The molecule has 7 nitrogen and oxygen atoms in total. The molecule has 28 heavy (non-hydrogen) atoms. The van der Waals surface area contributed by atoms with Gasteiger partial charge in [0.1, 0.15) is 11.1 Å². The molecule has 9 heteroatoms. The SMILES string of the molecule is NC1=NC(=O)[C@@H](CC(=O)Nc2cccc(C(=O)NCc3ccccc3F)c2)S1. The fourth-order valence-corrected chi connectivity index (χ4v) is 3.39. The van der Waals surface area contributed by atoms with Crippen molar-refractivity contribution in [2.24, 2.45) is 10.7 Å². The van der Waals surface area contributed by atoms with Crippen LogP contribution in [0.4, 0.5) is 10.1 Å². The van der Waals surface area contributed by atoms with Crippen LogP contribution in [0.3, 0.4) is 0 Å². The highest BCUT2D eigenvalue weighted by Gasteiger charge is 2.29. The molecule has 3 amide bonds. The van der Waals surface area contributed by atoms with Crippen LogP contribution >= 0.6 is 11.8 Å². The summed E-state index contributed by atoms with van der Waals surface area (Å²) in [6.45, 7) is 0.0462. The summed E-state index contributed by atoms with van der Waals surface area (Å²) in [5.74, 6) is -1.62. The summed E-state index contributed by atoms with van der Waals surface area (Å²) < 4.78 is 13.6. The third-order valence-corrected chi connectivity index (χ3v) is 4.92. The number of nitrogens with zero attached hydrogens (tertiary/aromatic N) is 1. The molecule has 3 rings (SSSR count). The summed E-state index contributed by atoms with van der Waals surface area (Å²) in [6, 6.07) is 12.5. The summed E-state index contributed by atoms with van der Waals surface area (Å²) in [6.07, 6.45) is -0.0720. The molecule has 0 spiro atoms. The van der Waals surface area contributed by atoms with E-state index in [0.717, 1.165) is 11.8 Å². The molecule has 1 aliphatic heterocycles. The van der Waals surface area contributed by atoms with E-state index in [-0.39, 0.29) is 24.0 Å². The minimum absolute atomic E-state index is 0.0462. The van der Waals surface area contributed by atoms with E-state index in [2.05, 4.69) is 15.6 Å². The number of hydrogen-bond donors (Lipinski definition) is 3. The van der Waals surface area contributed by atoms with E-state index in [9.17, 15) is 18.8 Å². The number of anilines is 1. The standard InChI is InChI=1S/C19H17FN4O3S/c20-14-7-2-1-4-12(14)10-22-17(26)11-5-3-6-13(8-11)23-16(25)9-15-18(27)24-19(21)28-15/h1-8,15H,9-10H2,(H,22,26)(H,23,25)(H2,21,24,27)/t15-/m1/s1. The fraction of sp³-hybridized carbons (Fsp3) is 0.158. The van der Waals surface area contributed by atoms with Crippen LogP contribution in [0.1, 0.15) is 22.3 Å². The van der Waals surface area contributed by atoms with E-state index >= 15 is 0 Å². The highest BCUT2D eigenvalue weighted by Crippen LogP contribution is 2.23. The smallest absolute Gasteiger partial charge is 0.262 e. The van der Waals surface area contributed by atoms with Crippen LogP contribution in [0.25, 0.3) is 0 Å². The monoisotopic (exact) mass is 400 g/mol. The summed E-state index contributed by atoms with van der Waals surface area (Å²) in [4.78, 5) is 39.6. The number of rotatable bonds is 6. The maximum Gasteiger partial charge on any atom is 0.262 e. The lowest BCUT2D eigenvalue weighted by molar-refractivity contribution is -0.121. The second kappa shape index (κ2) is 8.66. The molecule has 144 valence electrons. The van der Waals surface area contributed by atoms with E-state index < -0.39 is 22.9 Å². The molecule has 0 aliphatic carbocycles. The largest absolute Gasteiger partial charge is 0.378 e. The van der Waals surface area contributed by atoms with Gasteiger partial charge in [0.2, 0.25) is 5.91 Å². The molecule has 1 atom stereocenters. The van der Waals surface area contributed by atoms with Gasteiger partial charge in [-0.3, -0.25) is 14.4 Å². The van der Waals surface area contributed by atoms with Crippen molar-refractivity contribution in [1.82, 2.24) is 5.32 Å². The lowest BCUT2D eigenvalue weighted by Gasteiger charge is -2.10. The van der Waals surface area contributed by atoms with Crippen molar-refractivity contribution in [3.8, 4) is 0 Å². The molecule has 2 aromatic carbocycles. The number of hydrogen-bond acceptors (Lipinski definition) is 5. The quantitative estimate of drug-likeness (QED) is 0.687. The lowest BCUT2D eigenvalue weighted by Crippen LogP contribution is -2.24. The summed E-state index contributed by atoms with van der Waals surface area (Å²) >= 11 is 1.05. The first-order valence-corrected chi connectivity index (χ1v) is 9.26. The van der Waals surface area contributed by atoms with Gasteiger partial charge in [0.15, 0.2) is 5.17 Å². The summed E-state index contributed by atoms with van der Waals surface area (Å²) in [5.41, 5.74) is 6.57. The minimum atomic E-state index is -0.632. The van der Waals surface area contributed by atoms with Crippen molar-refractivity contribution in [2.45, 2.75) is 18.2 Å².